The van der Waals surface area contributed by atoms with Gasteiger partial charge in [-0.2, -0.15) is 0 Å². The van der Waals surface area contributed by atoms with Crippen molar-refractivity contribution in [1.29, 1.82) is 0 Å². The molecule has 0 N–H and O–H groups in total. The summed E-state index contributed by atoms with van der Waals surface area (Å²) in [6.07, 6.45) is 0. The SMILES string of the molecule is c1ccc2cc3c(cc2c1)oc1c(-c2ccc4ccc5cccc6ccc2c4c56)cc(-c2ccc4c(ccc5ccccc54)c2)cc13. The molecule has 1 heterocycles. The quantitative estimate of drug-likeness (QED) is 0.182. The lowest BCUT2D eigenvalue weighted by Gasteiger charge is -2.15. The van der Waals surface area contributed by atoms with Gasteiger partial charge in [0.15, 0.2) is 0 Å². The van der Waals surface area contributed by atoms with Gasteiger partial charge in [0.1, 0.15) is 11.2 Å². The van der Waals surface area contributed by atoms with Gasteiger partial charge in [0.2, 0.25) is 0 Å². The van der Waals surface area contributed by atoms with E-state index in [0.717, 1.165) is 27.5 Å². The average Bonchev–Trinajstić information content (AvgIpc) is 3.49. The first-order chi connectivity index (χ1) is 23.3. The Morgan fingerprint density at radius 2 is 0.936 bits per heavy atom. The molecule has 1 heteroatoms. The highest BCUT2D eigenvalue weighted by Gasteiger charge is 2.19. The molecular formula is C46H26O. The van der Waals surface area contributed by atoms with Crippen molar-refractivity contribution in [3.05, 3.63) is 158 Å². The van der Waals surface area contributed by atoms with Gasteiger partial charge in [0, 0.05) is 16.3 Å². The summed E-state index contributed by atoms with van der Waals surface area (Å²) in [5.74, 6) is 0. The van der Waals surface area contributed by atoms with E-state index in [1.807, 2.05) is 0 Å². The summed E-state index contributed by atoms with van der Waals surface area (Å²) < 4.78 is 6.85. The molecule has 0 fully saturated rings. The first-order valence-corrected chi connectivity index (χ1v) is 16.2. The number of hydrogen-bond donors (Lipinski definition) is 0. The molecule has 0 atom stereocenters. The standard InChI is InChI=1S/C46H26O/c1-2-8-32-26-43-40(23-31(32)7-1)42-25-35(33-18-19-37-34(22-33)15-12-27-6-3-4-11-36(27)37)24-41(46(42)47-43)38-20-16-30-14-13-28-9-5-10-29-17-21-39(38)45(30)44(28)29/h1-26H. The van der Waals surface area contributed by atoms with Crippen LogP contribution in [0.3, 0.4) is 0 Å². The van der Waals surface area contributed by atoms with Crippen LogP contribution in [0.2, 0.25) is 0 Å². The van der Waals surface area contributed by atoms with Crippen LogP contribution in [0.5, 0.6) is 0 Å². The van der Waals surface area contributed by atoms with Crippen molar-refractivity contribution in [1.82, 2.24) is 0 Å². The van der Waals surface area contributed by atoms with Crippen LogP contribution in [-0.4, -0.2) is 0 Å². The van der Waals surface area contributed by atoms with Crippen molar-refractivity contribution in [3.8, 4) is 22.3 Å². The van der Waals surface area contributed by atoms with Gasteiger partial charge in [-0.1, -0.05) is 127 Å². The summed E-state index contributed by atoms with van der Waals surface area (Å²) in [7, 11) is 0. The van der Waals surface area contributed by atoms with Crippen LogP contribution in [0, 0.1) is 0 Å². The minimum Gasteiger partial charge on any atom is -0.455 e. The molecule has 216 valence electrons. The lowest BCUT2D eigenvalue weighted by atomic mass is 9.88. The van der Waals surface area contributed by atoms with E-state index in [-0.39, 0.29) is 0 Å². The third-order valence-electron chi connectivity index (χ3n) is 10.3. The molecule has 0 aliphatic rings. The van der Waals surface area contributed by atoms with Gasteiger partial charge in [-0.15, -0.1) is 0 Å². The van der Waals surface area contributed by atoms with Crippen LogP contribution >= 0.6 is 0 Å². The van der Waals surface area contributed by atoms with Crippen LogP contribution in [0.15, 0.2) is 162 Å². The van der Waals surface area contributed by atoms with Crippen molar-refractivity contribution in [2.45, 2.75) is 0 Å². The Labute approximate surface area is 270 Å². The summed E-state index contributed by atoms with van der Waals surface area (Å²) in [5, 5.41) is 17.5. The zero-order chi connectivity index (χ0) is 30.6. The van der Waals surface area contributed by atoms with Crippen molar-refractivity contribution in [3.63, 3.8) is 0 Å². The van der Waals surface area contributed by atoms with Crippen molar-refractivity contribution >= 4 is 86.6 Å². The maximum absolute atomic E-state index is 6.85. The smallest absolute Gasteiger partial charge is 0.143 e. The van der Waals surface area contributed by atoms with Gasteiger partial charge in [0.25, 0.3) is 0 Å². The molecule has 1 nitrogen and oxygen atoms in total. The molecule has 0 saturated carbocycles. The van der Waals surface area contributed by atoms with Gasteiger partial charge in [0.05, 0.1) is 0 Å². The minimum atomic E-state index is 0.916. The van der Waals surface area contributed by atoms with E-state index in [2.05, 4.69) is 158 Å². The fourth-order valence-electron chi connectivity index (χ4n) is 8.09. The normalized spacial score (nSPS) is 12.3. The second kappa shape index (κ2) is 9.19. The number of benzene rings is 10. The highest BCUT2D eigenvalue weighted by Crippen LogP contribution is 2.45. The van der Waals surface area contributed by atoms with Crippen LogP contribution in [0.25, 0.3) is 109 Å². The van der Waals surface area contributed by atoms with E-state index >= 15 is 0 Å². The summed E-state index contributed by atoms with van der Waals surface area (Å²) >= 11 is 0. The van der Waals surface area contributed by atoms with Crippen LogP contribution in [0.1, 0.15) is 0 Å². The topological polar surface area (TPSA) is 13.1 Å². The molecule has 0 unspecified atom stereocenters. The lowest BCUT2D eigenvalue weighted by Crippen LogP contribution is -1.89. The van der Waals surface area contributed by atoms with Gasteiger partial charge in [-0.3, -0.25) is 0 Å². The summed E-state index contributed by atoms with van der Waals surface area (Å²) in [6.45, 7) is 0. The van der Waals surface area contributed by atoms with Gasteiger partial charge in [-0.05, 0) is 112 Å². The highest BCUT2D eigenvalue weighted by atomic mass is 16.3. The molecule has 11 aromatic rings. The fraction of sp³-hybridized carbons (Fsp3) is 0. The van der Waals surface area contributed by atoms with Crippen LogP contribution < -0.4 is 0 Å². The average molecular weight is 595 g/mol. The molecule has 10 aromatic carbocycles. The Balaban J connectivity index is 1.25. The van der Waals surface area contributed by atoms with E-state index in [4.69, 9.17) is 4.42 Å². The monoisotopic (exact) mass is 594 g/mol. The molecule has 0 aliphatic carbocycles. The third-order valence-corrected chi connectivity index (χ3v) is 10.3. The lowest BCUT2D eigenvalue weighted by molar-refractivity contribution is 0.670. The largest absolute Gasteiger partial charge is 0.455 e. The van der Waals surface area contributed by atoms with Crippen LogP contribution in [-0.2, 0) is 0 Å². The van der Waals surface area contributed by atoms with E-state index in [1.165, 1.54) is 81.3 Å². The minimum absolute atomic E-state index is 0.916. The van der Waals surface area contributed by atoms with Crippen LogP contribution in [0.4, 0.5) is 0 Å². The Hall–Kier alpha value is -6.18. The Kier molecular flexibility index (Phi) is 4.90. The van der Waals surface area contributed by atoms with Crippen molar-refractivity contribution < 1.29 is 4.42 Å². The second-order valence-corrected chi connectivity index (χ2v) is 12.9. The molecule has 11 rings (SSSR count). The molecule has 47 heavy (non-hydrogen) atoms. The zero-order valence-corrected chi connectivity index (χ0v) is 25.4. The maximum atomic E-state index is 6.85. The molecule has 0 saturated heterocycles. The number of rotatable bonds is 2. The van der Waals surface area contributed by atoms with Gasteiger partial charge >= 0.3 is 0 Å². The number of hydrogen-bond acceptors (Lipinski definition) is 1. The molecule has 0 bridgehead atoms. The van der Waals surface area contributed by atoms with Gasteiger partial charge < -0.3 is 4.42 Å². The summed E-state index contributed by atoms with van der Waals surface area (Å²) in [6, 6.07) is 58.0. The maximum Gasteiger partial charge on any atom is 0.143 e. The Bertz CT molecular complexity index is 3050. The molecule has 0 aliphatic heterocycles. The van der Waals surface area contributed by atoms with Gasteiger partial charge in [-0.25, -0.2) is 0 Å². The fourth-order valence-corrected chi connectivity index (χ4v) is 8.09. The summed E-state index contributed by atoms with van der Waals surface area (Å²) in [5.41, 5.74) is 6.54. The Morgan fingerprint density at radius 1 is 0.298 bits per heavy atom. The molecule has 0 spiro atoms. The third kappa shape index (κ3) is 3.54. The van der Waals surface area contributed by atoms with E-state index < -0.39 is 0 Å². The first-order valence-electron chi connectivity index (χ1n) is 16.2. The van der Waals surface area contributed by atoms with E-state index in [1.54, 1.807) is 0 Å². The summed E-state index contributed by atoms with van der Waals surface area (Å²) in [4.78, 5) is 0. The predicted octanol–water partition coefficient (Wildman–Crippen LogP) is 13.3. The zero-order valence-electron chi connectivity index (χ0n) is 25.4. The van der Waals surface area contributed by atoms with E-state index in [0.29, 0.717) is 0 Å². The van der Waals surface area contributed by atoms with E-state index in [9.17, 15) is 0 Å². The van der Waals surface area contributed by atoms with Crippen molar-refractivity contribution in [2.75, 3.05) is 0 Å². The Morgan fingerprint density at radius 3 is 1.81 bits per heavy atom. The van der Waals surface area contributed by atoms with Crippen molar-refractivity contribution in [2.24, 2.45) is 0 Å². The predicted molar refractivity (Wildman–Crippen MR) is 201 cm³/mol. The first kappa shape index (κ1) is 25.1. The molecule has 0 amide bonds. The molecule has 0 radical (unpaired) electrons. The number of furan rings is 1. The number of fused-ring (bicyclic) bond motifs is 7. The second-order valence-electron chi connectivity index (χ2n) is 12.9. The molecular weight excluding hydrogens is 569 g/mol. The molecule has 1 aromatic heterocycles. The highest BCUT2D eigenvalue weighted by molar-refractivity contribution is 6.27.